The number of aliphatic hydroxyl groups is 2. The molecule has 0 saturated heterocycles. The quantitative estimate of drug-likeness (QED) is 0.601. The van der Waals surface area contributed by atoms with Crippen LogP contribution >= 0.6 is 0 Å². The van der Waals surface area contributed by atoms with Crippen LogP contribution in [-0.4, -0.2) is 22.4 Å². The van der Waals surface area contributed by atoms with Gasteiger partial charge in [0.25, 0.3) is 0 Å². The van der Waals surface area contributed by atoms with Crippen molar-refractivity contribution in [2.24, 2.45) is 11.8 Å². The first-order valence-electron chi connectivity index (χ1n) is 4.47. The zero-order valence-corrected chi connectivity index (χ0v) is 7.33. The third-order valence-electron chi connectivity index (χ3n) is 2.69. The normalized spacial score (nSPS) is 39.5. The summed E-state index contributed by atoms with van der Waals surface area (Å²) in [5.74, 6) is 0.790. The molecule has 1 saturated carbocycles. The van der Waals surface area contributed by atoms with Crippen LogP contribution in [0.3, 0.4) is 0 Å². The van der Waals surface area contributed by atoms with Gasteiger partial charge in [0.1, 0.15) is 0 Å². The van der Waals surface area contributed by atoms with E-state index in [0.29, 0.717) is 11.8 Å². The lowest BCUT2D eigenvalue weighted by Gasteiger charge is -2.33. The van der Waals surface area contributed by atoms with Crippen LogP contribution in [0.15, 0.2) is 0 Å². The Bertz CT molecular complexity index is 123. The minimum atomic E-state index is -0.182. The van der Waals surface area contributed by atoms with Crippen molar-refractivity contribution in [3.05, 3.63) is 0 Å². The van der Waals surface area contributed by atoms with Crippen molar-refractivity contribution < 1.29 is 10.2 Å². The van der Waals surface area contributed by atoms with Gasteiger partial charge in [0.2, 0.25) is 0 Å². The number of hydrogen-bond donors (Lipinski definition) is 2. The van der Waals surface area contributed by atoms with Crippen LogP contribution in [0.2, 0.25) is 0 Å². The molecule has 0 aliphatic heterocycles. The highest BCUT2D eigenvalue weighted by molar-refractivity contribution is 4.80. The summed E-state index contributed by atoms with van der Waals surface area (Å²) in [5.41, 5.74) is 0. The van der Waals surface area contributed by atoms with Gasteiger partial charge in [-0.2, -0.15) is 0 Å². The molecule has 0 aromatic heterocycles. The minimum Gasteiger partial charge on any atom is -0.393 e. The minimum absolute atomic E-state index is 0.175. The summed E-state index contributed by atoms with van der Waals surface area (Å²) in [4.78, 5) is 0. The fourth-order valence-electron chi connectivity index (χ4n) is 1.88. The van der Waals surface area contributed by atoms with E-state index in [2.05, 4.69) is 13.8 Å². The summed E-state index contributed by atoms with van der Waals surface area (Å²) >= 11 is 0. The molecule has 2 nitrogen and oxygen atoms in total. The Labute approximate surface area is 68.2 Å². The maximum absolute atomic E-state index is 9.55. The van der Waals surface area contributed by atoms with Crippen molar-refractivity contribution in [2.75, 3.05) is 0 Å². The van der Waals surface area contributed by atoms with E-state index < -0.39 is 0 Å². The van der Waals surface area contributed by atoms with Gasteiger partial charge >= 0.3 is 0 Å². The van der Waals surface area contributed by atoms with Crippen LogP contribution in [0.5, 0.6) is 0 Å². The Morgan fingerprint density at radius 3 is 2.27 bits per heavy atom. The molecular formula is C9H18O2. The van der Waals surface area contributed by atoms with Crippen LogP contribution in [0.4, 0.5) is 0 Å². The van der Waals surface area contributed by atoms with Gasteiger partial charge in [-0.25, -0.2) is 0 Å². The predicted molar refractivity (Wildman–Crippen MR) is 44.2 cm³/mol. The van der Waals surface area contributed by atoms with Crippen molar-refractivity contribution in [1.29, 1.82) is 0 Å². The molecule has 3 atom stereocenters. The van der Waals surface area contributed by atoms with Crippen molar-refractivity contribution in [2.45, 2.75) is 45.3 Å². The highest BCUT2D eigenvalue weighted by Crippen LogP contribution is 2.30. The Morgan fingerprint density at radius 1 is 1.18 bits per heavy atom. The van der Waals surface area contributed by atoms with Crippen LogP contribution in [-0.2, 0) is 0 Å². The third kappa shape index (κ3) is 2.17. The monoisotopic (exact) mass is 158 g/mol. The molecule has 2 heteroatoms. The van der Waals surface area contributed by atoms with Crippen LogP contribution in [0.25, 0.3) is 0 Å². The molecule has 1 rings (SSSR count). The second-order valence-corrected chi connectivity index (χ2v) is 3.94. The predicted octanol–water partition coefficient (Wildman–Crippen LogP) is 1.16. The molecule has 0 amide bonds. The standard InChI is InChI=1S/C9H18O2/c1-6(2)8-5-7(10)3-4-9(8)11/h6-11H,3-5H2,1-2H3/t7-,8?,9+/m1/s1. The highest BCUT2D eigenvalue weighted by atomic mass is 16.3. The molecule has 1 unspecified atom stereocenters. The Morgan fingerprint density at radius 2 is 1.82 bits per heavy atom. The topological polar surface area (TPSA) is 40.5 Å². The molecule has 1 fully saturated rings. The molecule has 0 radical (unpaired) electrons. The van der Waals surface area contributed by atoms with Crippen LogP contribution in [0.1, 0.15) is 33.1 Å². The molecule has 0 spiro atoms. The molecule has 1 aliphatic carbocycles. The summed E-state index contributed by atoms with van der Waals surface area (Å²) in [6, 6.07) is 0. The van der Waals surface area contributed by atoms with Crippen LogP contribution in [0, 0.1) is 11.8 Å². The van der Waals surface area contributed by atoms with Crippen LogP contribution < -0.4 is 0 Å². The largest absolute Gasteiger partial charge is 0.393 e. The molecule has 66 valence electrons. The van der Waals surface area contributed by atoms with Gasteiger partial charge in [-0.05, 0) is 31.1 Å². The molecule has 0 aromatic carbocycles. The van der Waals surface area contributed by atoms with Gasteiger partial charge in [0.05, 0.1) is 12.2 Å². The zero-order valence-electron chi connectivity index (χ0n) is 7.33. The van der Waals surface area contributed by atoms with Gasteiger partial charge in [0.15, 0.2) is 0 Å². The molecule has 0 heterocycles. The Kier molecular flexibility index (Phi) is 2.90. The molecule has 1 aliphatic rings. The Balaban J connectivity index is 2.47. The summed E-state index contributed by atoms with van der Waals surface area (Å²) in [6.45, 7) is 4.21. The summed E-state index contributed by atoms with van der Waals surface area (Å²) in [5, 5.41) is 18.9. The smallest absolute Gasteiger partial charge is 0.0572 e. The number of rotatable bonds is 1. The summed E-state index contributed by atoms with van der Waals surface area (Å²) < 4.78 is 0. The van der Waals surface area contributed by atoms with E-state index in [1.165, 1.54) is 0 Å². The van der Waals surface area contributed by atoms with E-state index in [0.717, 1.165) is 19.3 Å². The van der Waals surface area contributed by atoms with Crippen molar-refractivity contribution in [1.82, 2.24) is 0 Å². The van der Waals surface area contributed by atoms with Gasteiger partial charge in [-0.1, -0.05) is 13.8 Å². The van der Waals surface area contributed by atoms with E-state index in [9.17, 15) is 10.2 Å². The fourth-order valence-corrected chi connectivity index (χ4v) is 1.88. The molecule has 11 heavy (non-hydrogen) atoms. The first-order chi connectivity index (χ1) is 5.11. The lowest BCUT2D eigenvalue weighted by molar-refractivity contribution is -0.0109. The average molecular weight is 158 g/mol. The first-order valence-corrected chi connectivity index (χ1v) is 4.47. The van der Waals surface area contributed by atoms with E-state index >= 15 is 0 Å². The van der Waals surface area contributed by atoms with E-state index in [4.69, 9.17) is 0 Å². The van der Waals surface area contributed by atoms with Gasteiger partial charge < -0.3 is 10.2 Å². The van der Waals surface area contributed by atoms with E-state index in [1.807, 2.05) is 0 Å². The maximum Gasteiger partial charge on any atom is 0.0572 e. The molecule has 0 bridgehead atoms. The molecule has 2 N–H and O–H groups in total. The number of aliphatic hydroxyl groups excluding tert-OH is 2. The average Bonchev–Trinajstić information content (AvgIpc) is 1.94. The van der Waals surface area contributed by atoms with Gasteiger partial charge in [-0.3, -0.25) is 0 Å². The van der Waals surface area contributed by atoms with E-state index in [-0.39, 0.29) is 12.2 Å². The van der Waals surface area contributed by atoms with Gasteiger partial charge in [-0.15, -0.1) is 0 Å². The lowest BCUT2D eigenvalue weighted by atomic mass is 9.78. The summed E-state index contributed by atoms with van der Waals surface area (Å²) in [7, 11) is 0. The highest BCUT2D eigenvalue weighted by Gasteiger charge is 2.29. The van der Waals surface area contributed by atoms with Crippen molar-refractivity contribution in [3.63, 3.8) is 0 Å². The summed E-state index contributed by atoms with van der Waals surface area (Å²) in [6.07, 6.45) is 1.96. The zero-order chi connectivity index (χ0) is 8.43. The SMILES string of the molecule is CC(C)C1C[C@H](O)CC[C@@H]1O. The first kappa shape index (κ1) is 9.01. The Hall–Kier alpha value is -0.0800. The fraction of sp³-hybridized carbons (Fsp3) is 1.00. The maximum atomic E-state index is 9.55. The molecule has 0 aromatic rings. The molecular weight excluding hydrogens is 140 g/mol. The lowest BCUT2D eigenvalue weighted by Crippen LogP contribution is -2.34. The third-order valence-corrected chi connectivity index (χ3v) is 2.69. The number of hydrogen-bond acceptors (Lipinski definition) is 2. The van der Waals surface area contributed by atoms with Crippen molar-refractivity contribution in [3.8, 4) is 0 Å². The van der Waals surface area contributed by atoms with Gasteiger partial charge in [0, 0.05) is 0 Å². The second kappa shape index (κ2) is 3.55. The second-order valence-electron chi connectivity index (χ2n) is 3.94. The van der Waals surface area contributed by atoms with Crippen molar-refractivity contribution >= 4 is 0 Å². The van der Waals surface area contributed by atoms with E-state index in [1.54, 1.807) is 0 Å².